The molecule has 2 nitrogen and oxygen atoms in total. The standard InChI is InChI=1S/C16H16ClNOS/c1-9-3-4-18-13-7-11(6-12(8-19)15(9)13)16-10(2)5-14(17)20-16/h3-5,8,11-12H,6-7H2,1-2H3. The smallest absolute Gasteiger partial charge is 0.127 e. The van der Waals surface area contributed by atoms with Crippen molar-refractivity contribution in [3.63, 3.8) is 0 Å². The number of hydrogen-bond acceptors (Lipinski definition) is 3. The van der Waals surface area contributed by atoms with Gasteiger partial charge in [-0.15, -0.1) is 11.3 Å². The SMILES string of the molecule is Cc1cc(Cl)sc1C1Cc2nccc(C)c2C(C=O)C1. The first-order valence-electron chi connectivity index (χ1n) is 6.75. The van der Waals surface area contributed by atoms with Crippen LogP contribution in [0.3, 0.4) is 0 Å². The monoisotopic (exact) mass is 305 g/mol. The second-order valence-corrected chi connectivity index (χ2v) is 7.18. The summed E-state index contributed by atoms with van der Waals surface area (Å²) in [7, 11) is 0. The Morgan fingerprint density at radius 1 is 1.40 bits per heavy atom. The maximum atomic E-state index is 11.5. The molecule has 1 aliphatic carbocycles. The molecule has 0 saturated heterocycles. The van der Waals surface area contributed by atoms with Crippen molar-refractivity contribution in [3.8, 4) is 0 Å². The molecular formula is C16H16ClNOS. The fourth-order valence-electron chi connectivity index (χ4n) is 3.22. The lowest BCUT2D eigenvalue weighted by atomic mass is 9.77. The second-order valence-electron chi connectivity index (χ2n) is 5.47. The molecule has 0 N–H and O–H groups in total. The lowest BCUT2D eigenvalue weighted by Gasteiger charge is -2.29. The molecule has 0 fully saturated rings. The van der Waals surface area contributed by atoms with Crippen molar-refractivity contribution in [2.75, 3.05) is 0 Å². The Morgan fingerprint density at radius 3 is 2.85 bits per heavy atom. The average molecular weight is 306 g/mol. The molecule has 4 heteroatoms. The third kappa shape index (κ3) is 2.29. The van der Waals surface area contributed by atoms with Gasteiger partial charge in [-0.1, -0.05) is 11.6 Å². The van der Waals surface area contributed by atoms with Gasteiger partial charge < -0.3 is 4.79 Å². The van der Waals surface area contributed by atoms with Crippen LogP contribution in [0.15, 0.2) is 18.3 Å². The highest BCUT2D eigenvalue weighted by Gasteiger charge is 2.31. The van der Waals surface area contributed by atoms with E-state index in [0.717, 1.165) is 34.7 Å². The second kappa shape index (κ2) is 5.30. The summed E-state index contributed by atoms with van der Waals surface area (Å²) in [6, 6.07) is 4.00. The van der Waals surface area contributed by atoms with Gasteiger partial charge in [0.05, 0.1) is 4.34 Å². The molecule has 2 heterocycles. The Hall–Kier alpha value is -1.19. The molecule has 2 unspecified atom stereocenters. The van der Waals surface area contributed by atoms with Gasteiger partial charge in [-0.2, -0.15) is 0 Å². The number of aryl methyl sites for hydroxylation is 2. The summed E-state index contributed by atoms with van der Waals surface area (Å²) >= 11 is 7.75. The Labute approximate surface area is 127 Å². The molecule has 2 atom stereocenters. The summed E-state index contributed by atoms with van der Waals surface area (Å²) in [5.74, 6) is 0.308. The summed E-state index contributed by atoms with van der Waals surface area (Å²) in [6.45, 7) is 4.15. The predicted octanol–water partition coefficient (Wildman–Crippen LogP) is 4.43. The van der Waals surface area contributed by atoms with Gasteiger partial charge in [0.1, 0.15) is 6.29 Å². The molecule has 104 valence electrons. The van der Waals surface area contributed by atoms with E-state index in [4.69, 9.17) is 11.6 Å². The lowest BCUT2D eigenvalue weighted by Crippen LogP contribution is -2.20. The molecule has 20 heavy (non-hydrogen) atoms. The Morgan fingerprint density at radius 2 is 2.20 bits per heavy atom. The van der Waals surface area contributed by atoms with Crippen molar-refractivity contribution in [2.45, 2.75) is 38.5 Å². The van der Waals surface area contributed by atoms with Crippen LogP contribution in [0.5, 0.6) is 0 Å². The molecule has 1 aliphatic rings. The number of hydrogen-bond donors (Lipinski definition) is 0. The first kappa shape index (κ1) is 13.8. The zero-order valence-corrected chi connectivity index (χ0v) is 13.1. The van der Waals surface area contributed by atoms with E-state index in [1.54, 1.807) is 11.3 Å². The summed E-state index contributed by atoms with van der Waals surface area (Å²) in [5.41, 5.74) is 4.61. The zero-order valence-electron chi connectivity index (χ0n) is 11.5. The van der Waals surface area contributed by atoms with E-state index >= 15 is 0 Å². The van der Waals surface area contributed by atoms with Crippen LogP contribution in [-0.4, -0.2) is 11.3 Å². The molecule has 0 radical (unpaired) electrons. The van der Waals surface area contributed by atoms with Crippen LogP contribution < -0.4 is 0 Å². The molecule has 0 bridgehead atoms. The number of aldehydes is 1. The Balaban J connectivity index is 2.03. The number of nitrogens with zero attached hydrogens (tertiary/aromatic N) is 1. The van der Waals surface area contributed by atoms with Gasteiger partial charge in [-0.3, -0.25) is 4.98 Å². The van der Waals surface area contributed by atoms with Crippen molar-refractivity contribution in [2.24, 2.45) is 0 Å². The first-order valence-corrected chi connectivity index (χ1v) is 7.95. The number of pyridine rings is 1. The quantitative estimate of drug-likeness (QED) is 0.768. The largest absolute Gasteiger partial charge is 0.303 e. The summed E-state index contributed by atoms with van der Waals surface area (Å²) < 4.78 is 0.822. The van der Waals surface area contributed by atoms with Gasteiger partial charge in [0.15, 0.2) is 0 Å². The van der Waals surface area contributed by atoms with Crippen LogP contribution in [0, 0.1) is 13.8 Å². The van der Waals surface area contributed by atoms with E-state index in [2.05, 4.69) is 18.8 Å². The minimum Gasteiger partial charge on any atom is -0.303 e. The highest BCUT2D eigenvalue weighted by atomic mass is 35.5. The van der Waals surface area contributed by atoms with Crippen LogP contribution in [0.4, 0.5) is 0 Å². The molecule has 2 aromatic heterocycles. The van der Waals surface area contributed by atoms with Crippen molar-refractivity contribution < 1.29 is 4.79 Å². The first-order chi connectivity index (χ1) is 9.60. The van der Waals surface area contributed by atoms with Gasteiger partial charge in [0.2, 0.25) is 0 Å². The van der Waals surface area contributed by atoms with E-state index in [9.17, 15) is 4.79 Å². The summed E-state index contributed by atoms with van der Waals surface area (Å²) in [4.78, 5) is 17.3. The van der Waals surface area contributed by atoms with Gasteiger partial charge in [-0.05, 0) is 55.5 Å². The van der Waals surface area contributed by atoms with Gasteiger partial charge in [0.25, 0.3) is 0 Å². The molecule has 0 aliphatic heterocycles. The van der Waals surface area contributed by atoms with Crippen LogP contribution in [0.25, 0.3) is 0 Å². The third-order valence-corrected chi connectivity index (χ3v) is 5.63. The summed E-state index contributed by atoms with van der Waals surface area (Å²) in [6.07, 6.45) is 4.68. The van der Waals surface area contributed by atoms with Crippen LogP contribution in [0.2, 0.25) is 4.34 Å². The van der Waals surface area contributed by atoms with E-state index in [0.29, 0.717) is 5.92 Å². The number of rotatable bonds is 2. The minimum atomic E-state index is -0.0438. The molecule has 3 rings (SSSR count). The van der Waals surface area contributed by atoms with Crippen LogP contribution in [-0.2, 0) is 11.2 Å². The predicted molar refractivity (Wildman–Crippen MR) is 82.9 cm³/mol. The fraction of sp³-hybridized carbons (Fsp3) is 0.375. The fourth-order valence-corrected chi connectivity index (χ4v) is 4.65. The van der Waals surface area contributed by atoms with Crippen molar-refractivity contribution >= 4 is 29.2 Å². The lowest BCUT2D eigenvalue weighted by molar-refractivity contribution is -0.109. The van der Waals surface area contributed by atoms with E-state index in [1.165, 1.54) is 16.0 Å². The number of aromatic nitrogens is 1. The maximum Gasteiger partial charge on any atom is 0.127 e. The minimum absolute atomic E-state index is 0.0438. The number of carbonyl (C=O) groups excluding carboxylic acids is 1. The number of halogens is 1. The zero-order chi connectivity index (χ0) is 14.3. The highest BCUT2D eigenvalue weighted by molar-refractivity contribution is 7.16. The van der Waals surface area contributed by atoms with E-state index < -0.39 is 0 Å². The van der Waals surface area contributed by atoms with Crippen LogP contribution >= 0.6 is 22.9 Å². The summed E-state index contributed by atoms with van der Waals surface area (Å²) in [5, 5.41) is 0. The Kier molecular flexibility index (Phi) is 3.65. The number of fused-ring (bicyclic) bond motifs is 1. The van der Waals surface area contributed by atoms with Gasteiger partial charge in [0, 0.05) is 28.6 Å². The molecule has 2 aromatic rings. The van der Waals surface area contributed by atoms with Gasteiger partial charge >= 0.3 is 0 Å². The molecule has 0 saturated carbocycles. The normalized spacial score (nSPS) is 21.6. The molecule has 0 spiro atoms. The van der Waals surface area contributed by atoms with Crippen molar-refractivity contribution in [1.29, 1.82) is 0 Å². The number of carbonyl (C=O) groups is 1. The van der Waals surface area contributed by atoms with Gasteiger partial charge in [-0.25, -0.2) is 0 Å². The maximum absolute atomic E-state index is 11.5. The van der Waals surface area contributed by atoms with Crippen molar-refractivity contribution in [3.05, 3.63) is 49.9 Å². The van der Waals surface area contributed by atoms with E-state index in [1.807, 2.05) is 18.3 Å². The highest BCUT2D eigenvalue weighted by Crippen LogP contribution is 2.43. The molecule has 0 amide bonds. The topological polar surface area (TPSA) is 30.0 Å². The molecule has 0 aromatic carbocycles. The third-order valence-electron chi connectivity index (χ3n) is 4.10. The van der Waals surface area contributed by atoms with Crippen LogP contribution in [0.1, 0.15) is 45.5 Å². The van der Waals surface area contributed by atoms with E-state index in [-0.39, 0.29) is 5.92 Å². The number of thiophene rings is 1. The molecular weight excluding hydrogens is 290 g/mol. The average Bonchev–Trinajstić information content (AvgIpc) is 2.76. The Bertz CT molecular complexity index is 664. The van der Waals surface area contributed by atoms with Crippen molar-refractivity contribution in [1.82, 2.24) is 4.98 Å².